The van der Waals surface area contributed by atoms with Crippen LogP contribution in [-0.2, 0) is 15.1 Å². The fourth-order valence-corrected chi connectivity index (χ4v) is 2.71. The Morgan fingerprint density at radius 3 is 2.17 bits per heavy atom. The van der Waals surface area contributed by atoms with Crippen LogP contribution in [0.3, 0.4) is 0 Å². The van der Waals surface area contributed by atoms with Crippen LogP contribution in [0.2, 0.25) is 0 Å². The number of carbonyl (C=O) groups is 1. The summed E-state index contributed by atoms with van der Waals surface area (Å²) in [7, 11) is 0. The van der Waals surface area contributed by atoms with Crippen LogP contribution in [0.4, 0.5) is 0 Å². The van der Waals surface area contributed by atoms with E-state index in [1.54, 1.807) is 17.2 Å². The number of aromatic nitrogens is 3. The van der Waals surface area contributed by atoms with Gasteiger partial charge in [-0.15, -0.1) is 10.2 Å². The van der Waals surface area contributed by atoms with Gasteiger partial charge in [0.05, 0.1) is 6.10 Å². The SMILES string of the molecule is CC(C)OC(=O)C(N)(CC(C)(C)C)c1ccc(-n2cnnc2)cc1. The summed E-state index contributed by atoms with van der Waals surface area (Å²) in [5, 5.41) is 7.59. The Kier molecular flexibility index (Phi) is 5.08. The summed E-state index contributed by atoms with van der Waals surface area (Å²) >= 11 is 0. The summed E-state index contributed by atoms with van der Waals surface area (Å²) in [5.74, 6) is -0.399. The second-order valence-corrected chi connectivity index (χ2v) is 7.58. The molecule has 6 nitrogen and oxygen atoms in total. The molecule has 6 heteroatoms. The van der Waals surface area contributed by atoms with Gasteiger partial charge in [-0.3, -0.25) is 4.57 Å². The number of ether oxygens (including phenoxy) is 1. The van der Waals surface area contributed by atoms with E-state index in [2.05, 4.69) is 31.0 Å². The minimum Gasteiger partial charge on any atom is -0.461 e. The molecule has 1 unspecified atom stereocenters. The van der Waals surface area contributed by atoms with Crippen LogP contribution in [0.25, 0.3) is 5.69 Å². The Balaban J connectivity index is 2.37. The van der Waals surface area contributed by atoms with Crippen molar-refractivity contribution >= 4 is 5.97 Å². The van der Waals surface area contributed by atoms with Crippen LogP contribution in [0.1, 0.15) is 46.6 Å². The number of hydrogen-bond donors (Lipinski definition) is 1. The standard InChI is InChI=1S/C18H26N4O2/c1-13(2)24-16(23)18(19,10-17(3,4)5)14-6-8-15(9-7-14)22-11-20-21-12-22/h6-9,11-13H,10,19H2,1-5H3. The molecule has 0 aliphatic heterocycles. The predicted molar refractivity (Wildman–Crippen MR) is 92.5 cm³/mol. The van der Waals surface area contributed by atoms with E-state index >= 15 is 0 Å². The lowest BCUT2D eigenvalue weighted by molar-refractivity contribution is -0.156. The average molecular weight is 330 g/mol. The molecule has 1 heterocycles. The third-order valence-electron chi connectivity index (χ3n) is 3.62. The molecule has 0 saturated carbocycles. The highest BCUT2D eigenvalue weighted by Gasteiger charge is 2.41. The highest BCUT2D eigenvalue weighted by Crippen LogP contribution is 2.34. The van der Waals surface area contributed by atoms with Gasteiger partial charge >= 0.3 is 5.97 Å². The third kappa shape index (κ3) is 4.20. The summed E-state index contributed by atoms with van der Waals surface area (Å²) in [4.78, 5) is 12.7. The van der Waals surface area contributed by atoms with Crippen molar-refractivity contribution < 1.29 is 9.53 Å². The topological polar surface area (TPSA) is 83.0 Å². The largest absolute Gasteiger partial charge is 0.461 e. The molecule has 0 spiro atoms. The molecule has 1 atom stereocenters. The average Bonchev–Trinajstić information content (AvgIpc) is 2.99. The van der Waals surface area contributed by atoms with Crippen molar-refractivity contribution in [3.05, 3.63) is 42.5 Å². The van der Waals surface area contributed by atoms with Crippen LogP contribution in [0, 0.1) is 5.41 Å². The van der Waals surface area contributed by atoms with E-state index in [0.717, 1.165) is 11.3 Å². The van der Waals surface area contributed by atoms with E-state index in [1.165, 1.54) is 0 Å². The first-order valence-corrected chi connectivity index (χ1v) is 8.07. The van der Waals surface area contributed by atoms with Crippen LogP contribution in [0.15, 0.2) is 36.9 Å². The molecule has 0 amide bonds. The molecule has 1 aromatic carbocycles. The minimum atomic E-state index is -1.19. The van der Waals surface area contributed by atoms with Crippen molar-refractivity contribution in [2.24, 2.45) is 11.1 Å². The van der Waals surface area contributed by atoms with Crippen LogP contribution < -0.4 is 5.73 Å². The molecule has 2 aromatic rings. The normalized spacial score (nSPS) is 14.5. The Morgan fingerprint density at radius 1 is 1.17 bits per heavy atom. The van der Waals surface area contributed by atoms with Crippen molar-refractivity contribution in [1.82, 2.24) is 14.8 Å². The molecule has 0 saturated heterocycles. The molecule has 2 rings (SSSR count). The molecular formula is C18H26N4O2. The zero-order chi connectivity index (χ0) is 18.0. The van der Waals surface area contributed by atoms with Crippen molar-refractivity contribution in [3.8, 4) is 5.69 Å². The minimum absolute atomic E-state index is 0.127. The zero-order valence-corrected chi connectivity index (χ0v) is 15.0. The number of nitrogens with two attached hydrogens (primary N) is 1. The summed E-state index contributed by atoms with van der Waals surface area (Å²) in [6, 6.07) is 7.52. The van der Waals surface area contributed by atoms with Gasteiger partial charge in [0.2, 0.25) is 0 Å². The quantitative estimate of drug-likeness (QED) is 0.852. The van der Waals surface area contributed by atoms with Gasteiger partial charge in [-0.2, -0.15) is 0 Å². The molecule has 0 radical (unpaired) electrons. The lowest BCUT2D eigenvalue weighted by Crippen LogP contribution is -2.49. The fraction of sp³-hybridized carbons (Fsp3) is 0.500. The number of benzene rings is 1. The van der Waals surface area contributed by atoms with Gasteiger partial charge in [0, 0.05) is 5.69 Å². The zero-order valence-electron chi connectivity index (χ0n) is 15.0. The molecule has 0 bridgehead atoms. The molecule has 24 heavy (non-hydrogen) atoms. The van der Waals surface area contributed by atoms with E-state index in [9.17, 15) is 4.79 Å². The molecule has 1 aromatic heterocycles. The maximum absolute atomic E-state index is 12.7. The second kappa shape index (κ2) is 6.73. The van der Waals surface area contributed by atoms with Gasteiger partial charge in [-0.1, -0.05) is 32.9 Å². The Bertz CT molecular complexity index is 672. The van der Waals surface area contributed by atoms with Crippen LogP contribution in [-0.4, -0.2) is 26.8 Å². The number of esters is 1. The highest BCUT2D eigenvalue weighted by atomic mass is 16.5. The van der Waals surface area contributed by atoms with Gasteiger partial charge in [0.15, 0.2) is 0 Å². The smallest absolute Gasteiger partial charge is 0.331 e. The van der Waals surface area contributed by atoms with E-state index in [0.29, 0.717) is 6.42 Å². The third-order valence-corrected chi connectivity index (χ3v) is 3.62. The maximum atomic E-state index is 12.7. The molecule has 0 aliphatic carbocycles. The molecule has 2 N–H and O–H groups in total. The molecule has 0 aliphatic rings. The van der Waals surface area contributed by atoms with Crippen molar-refractivity contribution in [1.29, 1.82) is 0 Å². The lowest BCUT2D eigenvalue weighted by Gasteiger charge is -2.34. The molecular weight excluding hydrogens is 304 g/mol. The first-order chi connectivity index (χ1) is 11.1. The fourth-order valence-electron chi connectivity index (χ4n) is 2.71. The second-order valence-electron chi connectivity index (χ2n) is 7.58. The summed E-state index contributed by atoms with van der Waals surface area (Å²) in [5.41, 5.74) is 6.88. The highest BCUT2D eigenvalue weighted by molar-refractivity contribution is 5.82. The van der Waals surface area contributed by atoms with Crippen molar-refractivity contribution in [2.45, 2.75) is 52.7 Å². The van der Waals surface area contributed by atoms with Crippen molar-refractivity contribution in [3.63, 3.8) is 0 Å². The number of hydrogen-bond acceptors (Lipinski definition) is 5. The Morgan fingerprint density at radius 2 is 1.71 bits per heavy atom. The first kappa shape index (κ1) is 18.1. The summed E-state index contributed by atoms with van der Waals surface area (Å²) in [6.45, 7) is 9.82. The van der Waals surface area contributed by atoms with Gasteiger partial charge in [-0.25, -0.2) is 4.79 Å². The van der Waals surface area contributed by atoms with E-state index in [1.807, 2.05) is 38.1 Å². The van der Waals surface area contributed by atoms with Crippen LogP contribution in [0.5, 0.6) is 0 Å². The first-order valence-electron chi connectivity index (χ1n) is 8.07. The van der Waals surface area contributed by atoms with Crippen molar-refractivity contribution in [2.75, 3.05) is 0 Å². The monoisotopic (exact) mass is 330 g/mol. The predicted octanol–water partition coefficient (Wildman–Crippen LogP) is 2.81. The summed E-state index contributed by atoms with van der Waals surface area (Å²) in [6.07, 6.45) is 3.51. The summed E-state index contributed by atoms with van der Waals surface area (Å²) < 4.78 is 7.22. The lowest BCUT2D eigenvalue weighted by atomic mass is 9.76. The van der Waals surface area contributed by atoms with E-state index < -0.39 is 11.5 Å². The Hall–Kier alpha value is -2.21. The van der Waals surface area contributed by atoms with Gasteiger partial charge < -0.3 is 10.5 Å². The number of rotatable bonds is 5. The van der Waals surface area contributed by atoms with Crippen LogP contribution >= 0.6 is 0 Å². The molecule has 0 fully saturated rings. The van der Waals surface area contributed by atoms with Gasteiger partial charge in [-0.05, 0) is 43.4 Å². The van der Waals surface area contributed by atoms with E-state index in [-0.39, 0.29) is 11.5 Å². The number of nitrogens with zero attached hydrogens (tertiary/aromatic N) is 3. The molecule has 130 valence electrons. The van der Waals surface area contributed by atoms with Gasteiger partial charge in [0.25, 0.3) is 0 Å². The Labute approximate surface area is 143 Å². The van der Waals surface area contributed by atoms with Gasteiger partial charge in [0.1, 0.15) is 18.2 Å². The maximum Gasteiger partial charge on any atom is 0.331 e. The number of carbonyl (C=O) groups excluding carboxylic acids is 1. The van der Waals surface area contributed by atoms with E-state index in [4.69, 9.17) is 10.5 Å².